The van der Waals surface area contributed by atoms with Crippen LogP contribution < -0.4 is 0 Å². The van der Waals surface area contributed by atoms with Crippen LogP contribution >= 0.6 is 0 Å². The van der Waals surface area contributed by atoms with Gasteiger partial charge in [-0.2, -0.15) is 0 Å². The molecule has 0 amide bonds. The maximum Gasteiger partial charge on any atom is 0.374 e. The third kappa shape index (κ3) is 1.79. The Morgan fingerprint density at radius 2 is 2.11 bits per heavy atom. The van der Waals surface area contributed by atoms with E-state index in [4.69, 9.17) is 9.63 Å². The summed E-state index contributed by atoms with van der Waals surface area (Å²) in [5.74, 6) is -1.27. The van der Waals surface area contributed by atoms with Gasteiger partial charge in [0.15, 0.2) is 0 Å². The van der Waals surface area contributed by atoms with Crippen LogP contribution in [-0.4, -0.2) is 21.2 Å². The second kappa shape index (κ2) is 3.98. The molecule has 96 valence electrons. The summed E-state index contributed by atoms with van der Waals surface area (Å²) in [4.78, 5) is 14.1. The molecular formula is C14H12N2O3. The summed E-state index contributed by atoms with van der Waals surface area (Å²) < 4.78 is 4.77. The van der Waals surface area contributed by atoms with E-state index in [1.807, 2.05) is 32.0 Å². The minimum atomic E-state index is -1.12. The van der Waals surface area contributed by atoms with Crippen LogP contribution in [-0.2, 0) is 0 Å². The van der Waals surface area contributed by atoms with E-state index in [-0.39, 0.29) is 5.76 Å². The van der Waals surface area contributed by atoms with Crippen LogP contribution in [0.4, 0.5) is 0 Å². The lowest BCUT2D eigenvalue weighted by Crippen LogP contribution is -1.91. The molecule has 1 aromatic carbocycles. The van der Waals surface area contributed by atoms with Gasteiger partial charge in [-0.05, 0) is 31.5 Å². The van der Waals surface area contributed by atoms with Gasteiger partial charge in [-0.25, -0.2) is 4.79 Å². The number of aromatic amines is 1. The van der Waals surface area contributed by atoms with Crippen molar-refractivity contribution < 1.29 is 14.4 Å². The van der Waals surface area contributed by atoms with Crippen molar-refractivity contribution in [1.82, 2.24) is 10.1 Å². The summed E-state index contributed by atoms with van der Waals surface area (Å²) in [6, 6.07) is 7.26. The van der Waals surface area contributed by atoms with E-state index < -0.39 is 5.97 Å². The summed E-state index contributed by atoms with van der Waals surface area (Å²) in [6.07, 6.45) is 0. The number of aromatic nitrogens is 2. The van der Waals surface area contributed by atoms with Gasteiger partial charge >= 0.3 is 5.97 Å². The largest absolute Gasteiger partial charge is 0.475 e. The van der Waals surface area contributed by atoms with E-state index in [0.717, 1.165) is 22.2 Å². The Labute approximate surface area is 108 Å². The molecule has 5 heteroatoms. The predicted octanol–water partition coefficient (Wildman–Crippen LogP) is 3.14. The van der Waals surface area contributed by atoms with Crippen LogP contribution in [0.1, 0.15) is 21.8 Å². The molecule has 0 spiro atoms. The Morgan fingerprint density at radius 3 is 2.79 bits per heavy atom. The van der Waals surface area contributed by atoms with Gasteiger partial charge in [-0.3, -0.25) is 0 Å². The molecular weight excluding hydrogens is 244 g/mol. The zero-order valence-electron chi connectivity index (χ0n) is 10.5. The molecule has 0 aliphatic rings. The number of aromatic carboxylic acids is 1. The highest BCUT2D eigenvalue weighted by Gasteiger charge is 2.13. The summed E-state index contributed by atoms with van der Waals surface area (Å²) in [5.41, 5.74) is 4.72. The first kappa shape index (κ1) is 11.5. The predicted molar refractivity (Wildman–Crippen MR) is 70.2 cm³/mol. The van der Waals surface area contributed by atoms with Gasteiger partial charge in [0.1, 0.15) is 5.69 Å². The Balaban J connectivity index is 2.14. The molecule has 2 heterocycles. The number of carboxylic acid groups (broad SMARTS) is 1. The average Bonchev–Trinajstić information content (AvgIpc) is 2.96. The number of carboxylic acids is 1. The fraction of sp³-hybridized carbons (Fsp3) is 0.143. The molecule has 2 aromatic heterocycles. The number of hydrogen-bond acceptors (Lipinski definition) is 3. The van der Waals surface area contributed by atoms with Crippen molar-refractivity contribution >= 4 is 16.9 Å². The quantitative estimate of drug-likeness (QED) is 0.738. The number of hydrogen-bond donors (Lipinski definition) is 2. The first-order valence-corrected chi connectivity index (χ1v) is 5.85. The lowest BCUT2D eigenvalue weighted by molar-refractivity contribution is 0.0652. The van der Waals surface area contributed by atoms with Crippen molar-refractivity contribution in [2.45, 2.75) is 13.8 Å². The SMILES string of the molecule is Cc1[nH]c2ccc(-c3cc(C(=O)O)on3)cc2c1C. The highest BCUT2D eigenvalue weighted by atomic mass is 16.5. The van der Waals surface area contributed by atoms with Gasteiger partial charge in [0, 0.05) is 28.2 Å². The Kier molecular flexibility index (Phi) is 2.41. The molecule has 3 rings (SSSR count). The minimum Gasteiger partial charge on any atom is -0.475 e. The number of nitrogens with one attached hydrogen (secondary N) is 1. The summed E-state index contributed by atoms with van der Waals surface area (Å²) in [7, 11) is 0. The van der Waals surface area contributed by atoms with Crippen molar-refractivity contribution in [2.24, 2.45) is 0 Å². The zero-order chi connectivity index (χ0) is 13.6. The van der Waals surface area contributed by atoms with Crippen molar-refractivity contribution in [3.8, 4) is 11.3 Å². The lowest BCUT2D eigenvalue weighted by Gasteiger charge is -1.97. The van der Waals surface area contributed by atoms with Gasteiger partial charge in [-0.1, -0.05) is 11.2 Å². The smallest absolute Gasteiger partial charge is 0.374 e. The van der Waals surface area contributed by atoms with Crippen molar-refractivity contribution in [3.05, 3.63) is 41.3 Å². The Bertz CT molecular complexity index is 783. The molecule has 0 radical (unpaired) electrons. The summed E-state index contributed by atoms with van der Waals surface area (Å²) in [5, 5.41) is 13.7. The standard InChI is InChI=1S/C14H12N2O3/c1-7-8(2)15-11-4-3-9(5-10(7)11)12-6-13(14(17)18)19-16-12/h3-6,15H,1-2H3,(H,17,18). The first-order chi connectivity index (χ1) is 9.06. The molecule has 0 unspecified atom stereocenters. The molecule has 0 aliphatic heterocycles. The normalized spacial score (nSPS) is 11.1. The summed E-state index contributed by atoms with van der Waals surface area (Å²) in [6.45, 7) is 4.07. The van der Waals surface area contributed by atoms with E-state index in [1.54, 1.807) is 0 Å². The molecule has 19 heavy (non-hydrogen) atoms. The fourth-order valence-corrected chi connectivity index (χ4v) is 2.13. The van der Waals surface area contributed by atoms with Crippen LogP contribution in [0.3, 0.4) is 0 Å². The minimum absolute atomic E-state index is 0.155. The molecule has 0 bridgehead atoms. The Hall–Kier alpha value is -2.56. The molecule has 0 fully saturated rings. The van der Waals surface area contributed by atoms with Crippen LogP contribution in [0.15, 0.2) is 28.8 Å². The average molecular weight is 256 g/mol. The van der Waals surface area contributed by atoms with Crippen LogP contribution in [0.2, 0.25) is 0 Å². The number of aryl methyl sites for hydroxylation is 2. The van der Waals surface area contributed by atoms with E-state index in [1.165, 1.54) is 11.6 Å². The highest BCUT2D eigenvalue weighted by Crippen LogP contribution is 2.27. The van der Waals surface area contributed by atoms with Gasteiger partial charge in [0.2, 0.25) is 5.76 Å². The molecule has 0 saturated carbocycles. The molecule has 0 saturated heterocycles. The van der Waals surface area contributed by atoms with Gasteiger partial charge in [-0.15, -0.1) is 0 Å². The second-order valence-corrected chi connectivity index (χ2v) is 4.52. The van der Waals surface area contributed by atoms with Gasteiger partial charge in [0.25, 0.3) is 0 Å². The van der Waals surface area contributed by atoms with Crippen molar-refractivity contribution in [1.29, 1.82) is 0 Å². The number of rotatable bonds is 2. The molecule has 0 aliphatic carbocycles. The molecule has 5 nitrogen and oxygen atoms in total. The maximum absolute atomic E-state index is 10.8. The fourth-order valence-electron chi connectivity index (χ4n) is 2.13. The summed E-state index contributed by atoms with van der Waals surface area (Å²) >= 11 is 0. The van der Waals surface area contributed by atoms with E-state index in [2.05, 4.69) is 10.1 Å². The second-order valence-electron chi connectivity index (χ2n) is 4.52. The number of carbonyl (C=O) groups is 1. The number of nitrogens with zero attached hydrogens (tertiary/aromatic N) is 1. The number of H-pyrrole nitrogens is 1. The van der Waals surface area contributed by atoms with E-state index >= 15 is 0 Å². The molecule has 2 N–H and O–H groups in total. The van der Waals surface area contributed by atoms with E-state index in [9.17, 15) is 4.79 Å². The van der Waals surface area contributed by atoms with Crippen molar-refractivity contribution in [3.63, 3.8) is 0 Å². The lowest BCUT2D eigenvalue weighted by atomic mass is 10.1. The third-order valence-electron chi connectivity index (χ3n) is 3.32. The highest BCUT2D eigenvalue weighted by molar-refractivity contribution is 5.90. The topological polar surface area (TPSA) is 79.1 Å². The number of benzene rings is 1. The van der Waals surface area contributed by atoms with Crippen LogP contribution in [0, 0.1) is 13.8 Å². The molecule has 0 atom stereocenters. The molecule has 3 aromatic rings. The van der Waals surface area contributed by atoms with Gasteiger partial charge < -0.3 is 14.6 Å². The third-order valence-corrected chi connectivity index (χ3v) is 3.32. The van der Waals surface area contributed by atoms with Crippen LogP contribution in [0.25, 0.3) is 22.2 Å². The monoisotopic (exact) mass is 256 g/mol. The van der Waals surface area contributed by atoms with E-state index in [0.29, 0.717) is 5.69 Å². The van der Waals surface area contributed by atoms with Crippen LogP contribution in [0.5, 0.6) is 0 Å². The zero-order valence-corrected chi connectivity index (χ0v) is 10.5. The van der Waals surface area contributed by atoms with Crippen molar-refractivity contribution in [2.75, 3.05) is 0 Å². The first-order valence-electron chi connectivity index (χ1n) is 5.85. The number of fused-ring (bicyclic) bond motifs is 1. The van der Waals surface area contributed by atoms with Gasteiger partial charge in [0.05, 0.1) is 0 Å². The Morgan fingerprint density at radius 1 is 1.32 bits per heavy atom. The maximum atomic E-state index is 10.8.